The summed E-state index contributed by atoms with van der Waals surface area (Å²) in [4.78, 5) is 4.60. The summed E-state index contributed by atoms with van der Waals surface area (Å²) in [5.74, 6) is 0.885. The summed E-state index contributed by atoms with van der Waals surface area (Å²) in [5.41, 5.74) is 11.5. The van der Waals surface area contributed by atoms with Gasteiger partial charge in [0.25, 0.3) is 0 Å². The molecule has 0 saturated carbocycles. The standard InChI is InChI=1S/C41H37BrN2O/c1-31-9-6-13-39(29-31)43(35-11-4-3-5-12-35)36-19-15-33(16-20-36)34-17-21-37(22-18-34)44(40-14-7-10-32(2)30-40)38-23-25-41(26-24-38)45-28-8-27-42/h3-7,9-26,29-30H,8,27-28H2,1-2H3. The predicted octanol–water partition coefficient (Wildman–Crippen LogP) is 12.1. The quantitative estimate of drug-likeness (QED) is 0.102. The Labute approximate surface area is 275 Å². The van der Waals surface area contributed by atoms with Crippen molar-refractivity contribution in [2.24, 2.45) is 0 Å². The first-order valence-corrected chi connectivity index (χ1v) is 16.5. The van der Waals surface area contributed by atoms with Crippen LogP contribution in [0.1, 0.15) is 17.5 Å². The number of para-hydroxylation sites is 1. The number of ether oxygens (including phenoxy) is 1. The number of anilines is 6. The van der Waals surface area contributed by atoms with Crippen molar-refractivity contribution in [2.45, 2.75) is 20.3 Å². The molecule has 0 aliphatic heterocycles. The zero-order valence-electron chi connectivity index (χ0n) is 25.7. The number of aryl methyl sites for hydroxylation is 2. The monoisotopic (exact) mass is 652 g/mol. The van der Waals surface area contributed by atoms with Crippen LogP contribution in [0.2, 0.25) is 0 Å². The average molecular weight is 654 g/mol. The zero-order valence-corrected chi connectivity index (χ0v) is 27.3. The van der Waals surface area contributed by atoms with Gasteiger partial charge in [-0.1, -0.05) is 82.7 Å². The Morgan fingerprint density at radius 1 is 0.467 bits per heavy atom. The van der Waals surface area contributed by atoms with E-state index in [0.717, 1.165) is 51.6 Å². The minimum absolute atomic E-state index is 0.699. The fourth-order valence-corrected chi connectivity index (χ4v) is 5.78. The summed E-state index contributed by atoms with van der Waals surface area (Å²) in [6.45, 7) is 4.97. The molecule has 6 aromatic rings. The molecule has 0 unspecified atom stereocenters. The van der Waals surface area contributed by atoms with Gasteiger partial charge in [0.2, 0.25) is 0 Å². The number of hydrogen-bond acceptors (Lipinski definition) is 3. The van der Waals surface area contributed by atoms with E-state index in [1.807, 2.05) is 0 Å². The van der Waals surface area contributed by atoms with Gasteiger partial charge in [-0.25, -0.2) is 0 Å². The molecule has 0 atom stereocenters. The molecule has 0 bridgehead atoms. The van der Waals surface area contributed by atoms with Crippen LogP contribution >= 0.6 is 15.9 Å². The van der Waals surface area contributed by atoms with Crippen LogP contribution in [-0.2, 0) is 0 Å². The van der Waals surface area contributed by atoms with Crippen molar-refractivity contribution in [2.75, 3.05) is 21.7 Å². The summed E-state index contributed by atoms with van der Waals surface area (Å²) in [5, 5.41) is 0.936. The number of alkyl halides is 1. The van der Waals surface area contributed by atoms with E-state index in [2.05, 4.69) is 191 Å². The fourth-order valence-electron chi connectivity index (χ4n) is 5.55. The minimum Gasteiger partial charge on any atom is -0.494 e. The van der Waals surface area contributed by atoms with Gasteiger partial charge in [0, 0.05) is 39.5 Å². The Bertz CT molecular complexity index is 1820. The van der Waals surface area contributed by atoms with Crippen molar-refractivity contribution in [3.05, 3.63) is 163 Å². The second-order valence-corrected chi connectivity index (χ2v) is 12.0. The Hall–Kier alpha value is -4.80. The predicted molar refractivity (Wildman–Crippen MR) is 195 cm³/mol. The van der Waals surface area contributed by atoms with Crippen molar-refractivity contribution in [1.29, 1.82) is 0 Å². The average Bonchev–Trinajstić information content (AvgIpc) is 3.07. The smallest absolute Gasteiger partial charge is 0.119 e. The molecule has 0 heterocycles. The van der Waals surface area contributed by atoms with Crippen molar-refractivity contribution >= 4 is 50.1 Å². The highest BCUT2D eigenvalue weighted by molar-refractivity contribution is 9.09. The summed E-state index contributed by atoms with van der Waals surface area (Å²) in [6, 6.07) is 53.8. The molecular formula is C41H37BrN2O. The molecule has 6 aromatic carbocycles. The number of nitrogens with zero attached hydrogens (tertiary/aromatic N) is 2. The van der Waals surface area contributed by atoms with Crippen molar-refractivity contribution in [3.63, 3.8) is 0 Å². The van der Waals surface area contributed by atoms with Gasteiger partial charge in [0.15, 0.2) is 0 Å². The van der Waals surface area contributed by atoms with E-state index in [0.29, 0.717) is 6.61 Å². The number of benzene rings is 6. The van der Waals surface area contributed by atoms with Crippen LogP contribution in [0.25, 0.3) is 11.1 Å². The van der Waals surface area contributed by atoms with Crippen LogP contribution in [0, 0.1) is 13.8 Å². The van der Waals surface area contributed by atoms with E-state index >= 15 is 0 Å². The molecule has 6 rings (SSSR count). The lowest BCUT2D eigenvalue weighted by molar-refractivity contribution is 0.319. The van der Waals surface area contributed by atoms with E-state index in [9.17, 15) is 0 Å². The van der Waals surface area contributed by atoms with Crippen molar-refractivity contribution < 1.29 is 4.74 Å². The summed E-state index contributed by atoms with van der Waals surface area (Å²) >= 11 is 3.47. The SMILES string of the molecule is Cc1cccc(N(c2ccccc2)c2ccc(-c3ccc(N(c4ccc(OCCCBr)cc4)c4cccc(C)c4)cc3)cc2)c1. The van der Waals surface area contributed by atoms with E-state index in [4.69, 9.17) is 4.74 Å². The number of rotatable bonds is 11. The van der Waals surface area contributed by atoms with Crippen LogP contribution in [0.15, 0.2) is 152 Å². The third-order valence-electron chi connectivity index (χ3n) is 7.76. The largest absolute Gasteiger partial charge is 0.494 e. The molecule has 0 radical (unpaired) electrons. The third-order valence-corrected chi connectivity index (χ3v) is 8.32. The van der Waals surface area contributed by atoms with E-state index < -0.39 is 0 Å². The maximum atomic E-state index is 5.90. The first-order valence-electron chi connectivity index (χ1n) is 15.4. The van der Waals surface area contributed by atoms with E-state index in [1.54, 1.807) is 0 Å². The second kappa shape index (κ2) is 14.3. The van der Waals surface area contributed by atoms with Crippen LogP contribution in [-0.4, -0.2) is 11.9 Å². The molecule has 0 saturated heterocycles. The molecule has 224 valence electrons. The highest BCUT2D eigenvalue weighted by Gasteiger charge is 2.15. The van der Waals surface area contributed by atoms with Gasteiger partial charge in [0.1, 0.15) is 5.75 Å². The third kappa shape index (κ3) is 7.30. The Morgan fingerprint density at radius 2 is 0.889 bits per heavy atom. The lowest BCUT2D eigenvalue weighted by Crippen LogP contribution is -2.10. The van der Waals surface area contributed by atoms with Gasteiger partial charge in [-0.15, -0.1) is 0 Å². The number of halogens is 1. The molecule has 0 spiro atoms. The Morgan fingerprint density at radius 3 is 1.33 bits per heavy atom. The Balaban J connectivity index is 1.28. The second-order valence-electron chi connectivity index (χ2n) is 11.2. The molecule has 4 heteroatoms. The van der Waals surface area contributed by atoms with Crippen LogP contribution < -0.4 is 14.5 Å². The molecule has 0 amide bonds. The minimum atomic E-state index is 0.699. The summed E-state index contributed by atoms with van der Waals surface area (Å²) < 4.78 is 5.90. The van der Waals surface area contributed by atoms with Gasteiger partial charge in [-0.3, -0.25) is 0 Å². The number of hydrogen-bond donors (Lipinski definition) is 0. The highest BCUT2D eigenvalue weighted by atomic mass is 79.9. The maximum absolute atomic E-state index is 5.90. The summed E-state index contributed by atoms with van der Waals surface area (Å²) in [6.07, 6.45) is 0.976. The lowest BCUT2D eigenvalue weighted by Gasteiger charge is -2.26. The van der Waals surface area contributed by atoms with Crippen molar-refractivity contribution in [1.82, 2.24) is 0 Å². The van der Waals surface area contributed by atoms with Gasteiger partial charge >= 0.3 is 0 Å². The maximum Gasteiger partial charge on any atom is 0.119 e. The molecule has 0 aromatic heterocycles. The molecule has 0 N–H and O–H groups in total. The van der Waals surface area contributed by atoms with E-state index in [1.165, 1.54) is 22.3 Å². The summed E-state index contributed by atoms with van der Waals surface area (Å²) in [7, 11) is 0. The highest BCUT2D eigenvalue weighted by Crippen LogP contribution is 2.38. The molecular weight excluding hydrogens is 616 g/mol. The van der Waals surface area contributed by atoms with E-state index in [-0.39, 0.29) is 0 Å². The van der Waals surface area contributed by atoms with Crippen LogP contribution in [0.4, 0.5) is 34.1 Å². The normalized spacial score (nSPS) is 10.8. The molecule has 0 aliphatic carbocycles. The Kier molecular flexibility index (Phi) is 9.62. The zero-order chi connectivity index (χ0) is 31.0. The molecule has 45 heavy (non-hydrogen) atoms. The fraction of sp³-hybridized carbons (Fsp3) is 0.122. The molecule has 0 fully saturated rings. The van der Waals surface area contributed by atoms with Gasteiger partial charge in [-0.2, -0.15) is 0 Å². The first kappa shape index (κ1) is 30.2. The van der Waals surface area contributed by atoms with Gasteiger partial charge in [-0.05, 0) is 127 Å². The van der Waals surface area contributed by atoms with Crippen LogP contribution in [0.5, 0.6) is 5.75 Å². The van der Waals surface area contributed by atoms with Crippen molar-refractivity contribution in [3.8, 4) is 16.9 Å². The van der Waals surface area contributed by atoms with Gasteiger partial charge < -0.3 is 14.5 Å². The molecule has 0 aliphatic rings. The lowest BCUT2D eigenvalue weighted by atomic mass is 10.0. The molecule has 3 nitrogen and oxygen atoms in total. The first-order chi connectivity index (χ1) is 22.1. The van der Waals surface area contributed by atoms with Crippen LogP contribution in [0.3, 0.4) is 0 Å². The topological polar surface area (TPSA) is 15.7 Å². The van der Waals surface area contributed by atoms with Gasteiger partial charge in [0.05, 0.1) is 6.61 Å².